The largest absolute Gasteiger partial charge is 0.465 e. The van der Waals surface area contributed by atoms with Crippen LogP contribution in [0.5, 0.6) is 0 Å². The van der Waals surface area contributed by atoms with E-state index < -0.39 is 5.60 Å². The smallest absolute Gasteiger partial charge is 0.337 e. The fourth-order valence-electron chi connectivity index (χ4n) is 5.93. The van der Waals surface area contributed by atoms with Crippen molar-refractivity contribution in [1.82, 2.24) is 5.32 Å². The number of methoxy groups -OCH3 is 2. The lowest BCUT2D eigenvalue weighted by Crippen LogP contribution is -2.42. The maximum absolute atomic E-state index is 11.7. The molecule has 1 aliphatic heterocycles. The molecule has 204 valence electrons. The van der Waals surface area contributed by atoms with Gasteiger partial charge in [-0.1, -0.05) is 56.0 Å². The summed E-state index contributed by atoms with van der Waals surface area (Å²) in [7, 11) is 2.77. The Bertz CT molecular complexity index is 1130. The van der Waals surface area contributed by atoms with Gasteiger partial charge in [0.1, 0.15) is 6.10 Å². The van der Waals surface area contributed by atoms with E-state index in [0.29, 0.717) is 17.7 Å². The summed E-state index contributed by atoms with van der Waals surface area (Å²) < 4.78 is 15.4. The first-order chi connectivity index (χ1) is 18.4. The highest BCUT2D eigenvalue weighted by Gasteiger charge is 2.58. The molecule has 1 saturated heterocycles. The maximum atomic E-state index is 11.7. The lowest BCUT2D eigenvalue weighted by molar-refractivity contribution is 0.00805. The second kappa shape index (κ2) is 12.2. The summed E-state index contributed by atoms with van der Waals surface area (Å²) in [4.78, 5) is 23.1. The first-order valence-electron chi connectivity index (χ1n) is 13.5. The number of benzene rings is 2. The lowest BCUT2D eigenvalue weighted by atomic mass is 9.86. The predicted octanol–water partition coefficient (Wildman–Crippen LogP) is 5.45. The van der Waals surface area contributed by atoms with Crippen LogP contribution in [0.25, 0.3) is 0 Å². The molecule has 2 saturated carbocycles. The number of carbonyl (C=O) groups is 2. The zero-order chi connectivity index (χ0) is 27.2. The molecule has 7 nitrogen and oxygen atoms in total. The lowest BCUT2D eigenvalue weighted by Gasteiger charge is -2.34. The van der Waals surface area contributed by atoms with Crippen LogP contribution in [-0.2, 0) is 14.2 Å². The van der Waals surface area contributed by atoms with E-state index in [2.05, 4.69) is 11.9 Å². The molecule has 0 amide bonds. The van der Waals surface area contributed by atoms with Crippen LogP contribution >= 0.6 is 0 Å². The Labute approximate surface area is 225 Å². The molecule has 2 aliphatic carbocycles. The van der Waals surface area contributed by atoms with Crippen LogP contribution in [0.1, 0.15) is 95.4 Å². The molecule has 38 heavy (non-hydrogen) atoms. The number of aliphatic hydroxyl groups is 1. The van der Waals surface area contributed by atoms with Crippen LogP contribution in [0, 0.1) is 0 Å². The Kier molecular flexibility index (Phi) is 9.03. The molecule has 0 aromatic heterocycles. The number of rotatable bonds is 8. The maximum Gasteiger partial charge on any atom is 0.337 e. The average molecular weight is 522 g/mol. The normalized spacial score (nSPS) is 21.2. The third-order valence-corrected chi connectivity index (χ3v) is 7.95. The minimum absolute atomic E-state index is 0.0920. The number of hydrogen-bond donors (Lipinski definition) is 2. The quantitative estimate of drug-likeness (QED) is 0.271. The molecular weight excluding hydrogens is 482 g/mol. The van der Waals surface area contributed by atoms with Crippen molar-refractivity contribution in [2.45, 2.75) is 74.7 Å². The average Bonchev–Trinajstić information content (AvgIpc) is 3.21. The number of esters is 2. The van der Waals surface area contributed by atoms with Crippen LogP contribution in [0.2, 0.25) is 0 Å². The van der Waals surface area contributed by atoms with Gasteiger partial charge in [0.05, 0.1) is 42.6 Å². The molecule has 0 radical (unpaired) electrons. The Balaban J connectivity index is 0.000000180. The highest BCUT2D eigenvalue weighted by atomic mass is 16.6. The minimum atomic E-state index is -0.766. The molecule has 0 bridgehead atoms. The minimum Gasteiger partial charge on any atom is -0.465 e. The molecule has 7 heteroatoms. The van der Waals surface area contributed by atoms with Crippen molar-refractivity contribution in [2.75, 3.05) is 20.8 Å². The van der Waals surface area contributed by atoms with Gasteiger partial charge >= 0.3 is 11.9 Å². The Morgan fingerprint density at radius 1 is 1.00 bits per heavy atom. The summed E-state index contributed by atoms with van der Waals surface area (Å²) >= 11 is 0. The summed E-state index contributed by atoms with van der Waals surface area (Å²) in [6.07, 6.45) is 10.4. The zero-order valence-electron chi connectivity index (χ0n) is 22.4. The number of nitrogens with one attached hydrogen (secondary N) is 1. The van der Waals surface area contributed by atoms with E-state index in [1.807, 2.05) is 30.3 Å². The van der Waals surface area contributed by atoms with Gasteiger partial charge < -0.3 is 24.6 Å². The fourth-order valence-corrected chi connectivity index (χ4v) is 5.93. The SMILES string of the molecule is C=CCNC(c1cccc(C(=O)OC)c1)C1(O)CCCC1.COC(=O)c1cccc(C2OC23CCCC3)c1. The molecule has 3 fully saturated rings. The van der Waals surface area contributed by atoms with E-state index in [4.69, 9.17) is 14.2 Å². The summed E-state index contributed by atoms with van der Waals surface area (Å²) in [5.74, 6) is -0.647. The number of carbonyl (C=O) groups excluding carboxylic acids is 2. The standard InChI is InChI=1S/C17H23NO3.C14H16O3/c1-3-11-18-15(17(20)9-4-5-10-17)13-7-6-8-14(12-13)16(19)21-2;1-16-13(15)11-6-4-5-10(9-11)12-14(17-12)7-2-3-8-14/h3,6-8,12,15,18,20H,1,4-5,9-11H2,2H3;4-6,9,12H,2-3,7-8H2,1H3. The fraction of sp³-hybridized carbons (Fsp3) is 0.484. The highest BCUT2D eigenvalue weighted by Crippen LogP contribution is 2.58. The van der Waals surface area contributed by atoms with Crippen molar-refractivity contribution in [3.05, 3.63) is 83.4 Å². The molecule has 2 atom stereocenters. The van der Waals surface area contributed by atoms with E-state index >= 15 is 0 Å². The molecule has 1 heterocycles. The highest BCUT2D eigenvalue weighted by molar-refractivity contribution is 5.90. The first-order valence-corrected chi connectivity index (χ1v) is 13.5. The third-order valence-electron chi connectivity index (χ3n) is 7.95. The van der Waals surface area contributed by atoms with Gasteiger partial charge in [0.25, 0.3) is 0 Å². The summed E-state index contributed by atoms with van der Waals surface area (Å²) in [6, 6.07) is 14.7. The van der Waals surface area contributed by atoms with Crippen LogP contribution in [0.3, 0.4) is 0 Å². The van der Waals surface area contributed by atoms with Gasteiger partial charge in [-0.3, -0.25) is 0 Å². The molecule has 3 aliphatic rings. The molecular formula is C31H39NO6. The predicted molar refractivity (Wildman–Crippen MR) is 145 cm³/mol. The topological polar surface area (TPSA) is 97.4 Å². The van der Waals surface area contributed by atoms with E-state index in [1.165, 1.54) is 27.1 Å². The number of ether oxygens (including phenoxy) is 3. The molecule has 2 aromatic carbocycles. The van der Waals surface area contributed by atoms with Gasteiger partial charge in [-0.05, 0) is 61.1 Å². The van der Waals surface area contributed by atoms with Crippen molar-refractivity contribution in [3.8, 4) is 0 Å². The zero-order valence-corrected chi connectivity index (χ0v) is 22.4. The Morgan fingerprint density at radius 3 is 2.18 bits per heavy atom. The van der Waals surface area contributed by atoms with Crippen LogP contribution in [0.15, 0.2) is 61.2 Å². The van der Waals surface area contributed by atoms with Gasteiger partial charge in [0.15, 0.2) is 0 Å². The van der Waals surface area contributed by atoms with Gasteiger partial charge in [-0.15, -0.1) is 6.58 Å². The van der Waals surface area contributed by atoms with E-state index in [-0.39, 0.29) is 29.7 Å². The van der Waals surface area contributed by atoms with Crippen molar-refractivity contribution < 1.29 is 28.9 Å². The number of epoxide rings is 1. The summed E-state index contributed by atoms with van der Waals surface area (Å²) in [5.41, 5.74) is 2.45. The van der Waals surface area contributed by atoms with Gasteiger partial charge in [0.2, 0.25) is 0 Å². The molecule has 1 spiro atoms. The van der Waals surface area contributed by atoms with Crippen molar-refractivity contribution in [2.24, 2.45) is 0 Å². The van der Waals surface area contributed by atoms with Crippen LogP contribution in [-0.4, -0.2) is 49.0 Å². The second-order valence-electron chi connectivity index (χ2n) is 10.4. The summed E-state index contributed by atoms with van der Waals surface area (Å²) in [5, 5.41) is 14.2. The van der Waals surface area contributed by atoms with E-state index in [1.54, 1.807) is 24.3 Å². The van der Waals surface area contributed by atoms with E-state index in [9.17, 15) is 14.7 Å². The molecule has 2 unspecified atom stereocenters. The summed E-state index contributed by atoms with van der Waals surface area (Å²) in [6.45, 7) is 4.32. The van der Waals surface area contributed by atoms with E-state index in [0.717, 1.165) is 49.7 Å². The van der Waals surface area contributed by atoms with Crippen molar-refractivity contribution in [1.29, 1.82) is 0 Å². The van der Waals surface area contributed by atoms with Crippen LogP contribution < -0.4 is 5.32 Å². The first kappa shape index (κ1) is 28.0. The van der Waals surface area contributed by atoms with Crippen molar-refractivity contribution in [3.63, 3.8) is 0 Å². The Morgan fingerprint density at radius 2 is 1.58 bits per heavy atom. The third kappa shape index (κ3) is 6.17. The van der Waals surface area contributed by atoms with Crippen molar-refractivity contribution >= 4 is 11.9 Å². The second-order valence-corrected chi connectivity index (χ2v) is 10.4. The van der Waals surface area contributed by atoms with Gasteiger partial charge in [-0.2, -0.15) is 0 Å². The monoisotopic (exact) mass is 521 g/mol. The van der Waals surface area contributed by atoms with Crippen LogP contribution in [0.4, 0.5) is 0 Å². The van der Waals surface area contributed by atoms with Gasteiger partial charge in [-0.25, -0.2) is 9.59 Å². The molecule has 2 N–H and O–H groups in total. The number of hydrogen-bond acceptors (Lipinski definition) is 7. The molecule has 2 aromatic rings. The molecule has 5 rings (SSSR count). The van der Waals surface area contributed by atoms with Gasteiger partial charge in [0, 0.05) is 6.54 Å². The Hall–Kier alpha value is -3.00.